The van der Waals surface area contributed by atoms with Crippen LogP contribution in [0.3, 0.4) is 0 Å². The van der Waals surface area contributed by atoms with Crippen LogP contribution in [0.15, 0.2) is 61.1 Å². The molecule has 0 spiro atoms. The topological polar surface area (TPSA) is 121 Å². The summed E-state index contributed by atoms with van der Waals surface area (Å²) >= 11 is 0. The molecule has 1 aromatic carbocycles. The zero-order valence-electron chi connectivity index (χ0n) is 21.3. The maximum Gasteiger partial charge on any atom is 0.233 e. The number of rotatable bonds is 7. The van der Waals surface area contributed by atoms with Crippen LogP contribution < -0.4 is 14.9 Å². The van der Waals surface area contributed by atoms with Gasteiger partial charge in [0, 0.05) is 64.8 Å². The van der Waals surface area contributed by atoms with E-state index in [1.807, 2.05) is 29.0 Å². The lowest BCUT2D eigenvalue weighted by molar-refractivity contribution is 0.455. The summed E-state index contributed by atoms with van der Waals surface area (Å²) < 4.78 is 27.4. The van der Waals surface area contributed by atoms with Gasteiger partial charge in [-0.2, -0.15) is 4.98 Å². The van der Waals surface area contributed by atoms with E-state index >= 15 is 0 Å². The van der Waals surface area contributed by atoms with Crippen LogP contribution in [0.25, 0.3) is 21.9 Å². The van der Waals surface area contributed by atoms with Crippen LogP contribution in [-0.4, -0.2) is 59.3 Å². The second kappa shape index (κ2) is 9.73. The molecule has 6 rings (SSSR count). The quantitative estimate of drug-likeness (QED) is 0.291. The Balaban J connectivity index is 1.26. The molecule has 1 fully saturated rings. The third-order valence-electron chi connectivity index (χ3n) is 7.18. The van der Waals surface area contributed by atoms with Crippen molar-refractivity contribution in [3.8, 4) is 0 Å². The fourth-order valence-electron chi connectivity index (χ4n) is 5.05. The second-order valence-electron chi connectivity index (χ2n) is 9.81. The highest BCUT2D eigenvalue weighted by atomic mass is 32.2. The fraction of sp³-hybridized carbons (Fsp3) is 0.296. The summed E-state index contributed by atoms with van der Waals surface area (Å²) in [5.41, 5.74) is 4.85. The van der Waals surface area contributed by atoms with E-state index in [9.17, 15) is 8.42 Å². The number of nitrogens with zero attached hydrogens (tertiary/aromatic N) is 5. The summed E-state index contributed by atoms with van der Waals surface area (Å²) in [4.78, 5) is 17.2. The highest BCUT2D eigenvalue weighted by molar-refractivity contribution is 7.92. The Hall–Kier alpha value is -3.96. The van der Waals surface area contributed by atoms with Gasteiger partial charge in [0.15, 0.2) is 0 Å². The van der Waals surface area contributed by atoms with Gasteiger partial charge in [0.05, 0.1) is 12.8 Å². The fourth-order valence-corrected chi connectivity index (χ4v) is 5.53. The summed E-state index contributed by atoms with van der Waals surface area (Å²) in [6.45, 7) is 2.54. The molecule has 0 radical (unpaired) electrons. The smallest absolute Gasteiger partial charge is 0.233 e. The number of aromatic nitrogens is 5. The van der Waals surface area contributed by atoms with Crippen molar-refractivity contribution in [3.63, 3.8) is 0 Å². The van der Waals surface area contributed by atoms with Crippen molar-refractivity contribution >= 4 is 49.4 Å². The minimum Gasteiger partial charge on any atom is -0.358 e. The van der Waals surface area contributed by atoms with E-state index in [-0.39, 0.29) is 0 Å². The zero-order chi connectivity index (χ0) is 26.3. The van der Waals surface area contributed by atoms with Crippen LogP contribution >= 0.6 is 0 Å². The lowest BCUT2D eigenvalue weighted by atomic mass is 9.95. The van der Waals surface area contributed by atoms with E-state index in [4.69, 9.17) is 4.98 Å². The van der Waals surface area contributed by atoms with Gasteiger partial charge in [-0.25, -0.2) is 18.4 Å². The predicted octanol–water partition coefficient (Wildman–Crippen LogP) is 3.96. The lowest BCUT2D eigenvalue weighted by Crippen LogP contribution is -2.27. The summed E-state index contributed by atoms with van der Waals surface area (Å²) in [6, 6.07) is 14.1. The number of sulfonamides is 1. The van der Waals surface area contributed by atoms with E-state index in [2.05, 4.69) is 43.8 Å². The summed E-state index contributed by atoms with van der Waals surface area (Å²) in [7, 11) is -1.93. The monoisotopic (exact) mass is 530 g/mol. The number of hydrogen-bond donors (Lipinski definition) is 3. The molecule has 1 saturated heterocycles. The number of hydrogen-bond acceptors (Lipinski definition) is 7. The summed E-state index contributed by atoms with van der Waals surface area (Å²) in [5, 5.41) is 8.83. The Morgan fingerprint density at radius 2 is 1.95 bits per heavy atom. The van der Waals surface area contributed by atoms with E-state index < -0.39 is 10.0 Å². The Morgan fingerprint density at radius 1 is 1.11 bits per heavy atom. The number of piperidine rings is 1. The third kappa shape index (κ3) is 4.82. The average molecular weight is 531 g/mol. The number of aromatic amines is 1. The van der Waals surface area contributed by atoms with Crippen molar-refractivity contribution in [1.82, 2.24) is 29.8 Å². The van der Waals surface area contributed by atoms with Crippen molar-refractivity contribution in [2.24, 2.45) is 0 Å². The van der Waals surface area contributed by atoms with Crippen LogP contribution in [0.2, 0.25) is 0 Å². The normalized spacial score (nSPS) is 14.8. The van der Waals surface area contributed by atoms with E-state index in [0.717, 1.165) is 59.1 Å². The molecule has 0 bridgehead atoms. The number of pyridine rings is 1. The first-order chi connectivity index (χ1) is 18.3. The first kappa shape index (κ1) is 24.4. The molecular weight excluding hydrogens is 500 g/mol. The number of H-pyrrole nitrogens is 1. The maximum absolute atomic E-state index is 12.1. The molecule has 10 nitrogen and oxygen atoms in total. The molecule has 3 N–H and O–H groups in total. The Morgan fingerprint density at radius 3 is 2.76 bits per heavy atom. The molecule has 0 saturated carbocycles. The van der Waals surface area contributed by atoms with Crippen molar-refractivity contribution < 1.29 is 8.42 Å². The minimum atomic E-state index is -3.44. The van der Waals surface area contributed by atoms with Crippen LogP contribution in [0.5, 0.6) is 0 Å². The Bertz CT molecular complexity index is 1720. The molecule has 4 aromatic heterocycles. The SMILES string of the molecule is CN(c1ncccc1Cn1ccc2cnc(Nc3ccc4[nH]c(C5CCNCC5)cc4c3)nc21)S(C)(=O)=O. The molecule has 5 aromatic rings. The summed E-state index contributed by atoms with van der Waals surface area (Å²) in [6.07, 6.45) is 8.77. The third-order valence-corrected chi connectivity index (χ3v) is 8.35. The molecular formula is C27H30N8O2S. The van der Waals surface area contributed by atoms with Crippen molar-refractivity contribution in [2.45, 2.75) is 25.3 Å². The molecule has 0 atom stereocenters. The van der Waals surface area contributed by atoms with Gasteiger partial charge in [-0.05, 0) is 62.3 Å². The number of nitrogens with one attached hydrogen (secondary N) is 3. The largest absolute Gasteiger partial charge is 0.358 e. The molecule has 11 heteroatoms. The average Bonchev–Trinajstić information content (AvgIpc) is 3.52. The molecule has 0 aliphatic carbocycles. The number of benzene rings is 1. The van der Waals surface area contributed by atoms with Gasteiger partial charge in [0.2, 0.25) is 16.0 Å². The first-order valence-corrected chi connectivity index (χ1v) is 14.5. The van der Waals surface area contributed by atoms with Gasteiger partial charge in [-0.3, -0.25) is 4.31 Å². The van der Waals surface area contributed by atoms with E-state index in [1.165, 1.54) is 23.3 Å². The molecule has 1 aliphatic heterocycles. The van der Waals surface area contributed by atoms with Crippen molar-refractivity contribution in [1.29, 1.82) is 0 Å². The molecule has 38 heavy (non-hydrogen) atoms. The van der Waals surface area contributed by atoms with Crippen LogP contribution in [0.1, 0.15) is 30.0 Å². The molecule has 1 aliphatic rings. The second-order valence-corrected chi connectivity index (χ2v) is 11.8. The van der Waals surface area contributed by atoms with Gasteiger partial charge in [-0.15, -0.1) is 0 Å². The lowest BCUT2D eigenvalue weighted by Gasteiger charge is -2.21. The first-order valence-electron chi connectivity index (χ1n) is 12.7. The zero-order valence-corrected chi connectivity index (χ0v) is 22.2. The van der Waals surface area contributed by atoms with Crippen molar-refractivity contribution in [3.05, 3.63) is 72.3 Å². The van der Waals surface area contributed by atoms with E-state index in [1.54, 1.807) is 18.5 Å². The Kier molecular flexibility index (Phi) is 6.24. The number of anilines is 3. The van der Waals surface area contributed by atoms with Crippen LogP contribution in [0.4, 0.5) is 17.5 Å². The Labute approximate surface area is 221 Å². The predicted molar refractivity (Wildman–Crippen MR) is 151 cm³/mol. The molecule has 0 unspecified atom stereocenters. The van der Waals surface area contributed by atoms with Gasteiger partial charge in [-0.1, -0.05) is 6.07 Å². The van der Waals surface area contributed by atoms with Crippen molar-refractivity contribution in [2.75, 3.05) is 36.0 Å². The maximum atomic E-state index is 12.1. The van der Waals surface area contributed by atoms with Crippen LogP contribution in [-0.2, 0) is 16.6 Å². The molecule has 196 valence electrons. The van der Waals surface area contributed by atoms with Gasteiger partial charge in [0.1, 0.15) is 11.5 Å². The number of fused-ring (bicyclic) bond motifs is 2. The standard InChI is InChI=1S/C27H30N8O2S/c1-34(38(2,36)37)25-20(4-3-10-29-25)17-35-13-9-19-16-30-27(33-26(19)35)31-22-5-6-23-21(14-22)15-24(32-23)18-7-11-28-12-8-18/h3-6,9-10,13-16,18,28,32H,7-8,11-12,17H2,1-2H3,(H,30,31,33). The minimum absolute atomic E-state index is 0.396. The van der Waals surface area contributed by atoms with Gasteiger partial charge < -0.3 is 20.2 Å². The molecule has 5 heterocycles. The highest BCUT2D eigenvalue weighted by Crippen LogP contribution is 2.30. The van der Waals surface area contributed by atoms with Gasteiger partial charge in [0.25, 0.3) is 0 Å². The highest BCUT2D eigenvalue weighted by Gasteiger charge is 2.19. The molecule has 0 amide bonds. The van der Waals surface area contributed by atoms with E-state index in [0.29, 0.717) is 24.2 Å². The van der Waals surface area contributed by atoms with Gasteiger partial charge >= 0.3 is 0 Å². The van der Waals surface area contributed by atoms with Crippen LogP contribution in [0, 0.1) is 0 Å². The summed E-state index contributed by atoms with van der Waals surface area (Å²) in [5.74, 6) is 1.45.